The second-order valence-electron chi connectivity index (χ2n) is 8.52. The molecule has 4 heterocycles. The van der Waals surface area contributed by atoms with Crippen LogP contribution in [0.25, 0.3) is 21.6 Å². The van der Waals surface area contributed by atoms with Crippen LogP contribution in [0.3, 0.4) is 0 Å². The second-order valence-corrected chi connectivity index (χ2v) is 10.7. The molecular formula is C26H24N4O2S2. The zero-order valence-corrected chi connectivity index (χ0v) is 21.3. The molecule has 0 atom stereocenters. The van der Waals surface area contributed by atoms with Gasteiger partial charge in [0.2, 0.25) is 0 Å². The summed E-state index contributed by atoms with van der Waals surface area (Å²) in [6.07, 6.45) is 1.74. The molecule has 34 heavy (non-hydrogen) atoms. The van der Waals surface area contributed by atoms with E-state index in [0.29, 0.717) is 27.6 Å². The van der Waals surface area contributed by atoms with Crippen molar-refractivity contribution >= 4 is 39.0 Å². The minimum Gasteiger partial charge on any atom is -0.269 e. The van der Waals surface area contributed by atoms with Gasteiger partial charge in [-0.2, -0.15) is 0 Å². The SMILES string of the molecule is Cc1ccn2c(=O)cc(CSc3nc4sc(C)c(C)c4c(=O)n3-c3cccc(C)c3C)nc2c1. The largest absolute Gasteiger partial charge is 0.269 e. The van der Waals surface area contributed by atoms with Crippen LogP contribution in [-0.4, -0.2) is 18.9 Å². The molecule has 0 saturated heterocycles. The molecule has 0 aliphatic heterocycles. The lowest BCUT2D eigenvalue weighted by molar-refractivity contribution is 0.814. The Kier molecular flexibility index (Phi) is 5.65. The van der Waals surface area contributed by atoms with Crippen molar-refractivity contribution in [3.05, 3.63) is 96.1 Å². The predicted octanol–water partition coefficient (Wildman–Crippen LogP) is 5.29. The number of rotatable bonds is 4. The van der Waals surface area contributed by atoms with Crippen LogP contribution in [0.1, 0.15) is 32.8 Å². The first-order valence-corrected chi connectivity index (χ1v) is 12.8. The van der Waals surface area contributed by atoms with Gasteiger partial charge in [0.25, 0.3) is 11.1 Å². The van der Waals surface area contributed by atoms with Crippen LogP contribution in [0.4, 0.5) is 0 Å². The fourth-order valence-electron chi connectivity index (χ4n) is 4.03. The first-order valence-electron chi connectivity index (χ1n) is 11.0. The Hall–Kier alpha value is -3.23. The standard InChI is InChI=1S/C26H24N4O2S2/c1-14-9-10-29-21(11-14)27-19(12-22(29)31)13-33-26-28-24-23(17(4)18(5)34-24)25(32)30(26)20-8-6-7-15(2)16(20)3/h6-12H,13H2,1-5H3. The normalized spacial score (nSPS) is 11.6. The van der Waals surface area contributed by atoms with E-state index in [1.807, 2.05) is 65.0 Å². The number of aryl methyl sites for hydroxylation is 4. The number of pyridine rings is 1. The molecule has 5 aromatic rings. The third-order valence-electron chi connectivity index (χ3n) is 6.21. The van der Waals surface area contributed by atoms with Crippen LogP contribution in [0.5, 0.6) is 0 Å². The highest BCUT2D eigenvalue weighted by atomic mass is 32.2. The van der Waals surface area contributed by atoms with Gasteiger partial charge in [0.1, 0.15) is 10.5 Å². The number of aromatic nitrogens is 4. The highest BCUT2D eigenvalue weighted by Crippen LogP contribution is 2.31. The first-order chi connectivity index (χ1) is 16.2. The number of fused-ring (bicyclic) bond motifs is 2. The average Bonchev–Trinajstić information content (AvgIpc) is 3.08. The van der Waals surface area contributed by atoms with Crippen molar-refractivity contribution in [3.8, 4) is 5.69 Å². The Morgan fingerprint density at radius 1 is 0.971 bits per heavy atom. The van der Waals surface area contributed by atoms with Crippen LogP contribution >= 0.6 is 23.1 Å². The van der Waals surface area contributed by atoms with E-state index in [0.717, 1.165) is 37.6 Å². The number of benzene rings is 1. The minimum atomic E-state index is -0.125. The van der Waals surface area contributed by atoms with Gasteiger partial charge in [-0.1, -0.05) is 23.9 Å². The van der Waals surface area contributed by atoms with Crippen molar-refractivity contribution in [1.29, 1.82) is 0 Å². The molecule has 0 fully saturated rings. The Labute approximate surface area is 205 Å². The highest BCUT2D eigenvalue weighted by molar-refractivity contribution is 7.98. The molecule has 0 radical (unpaired) electrons. The molecule has 172 valence electrons. The molecule has 8 heteroatoms. The van der Waals surface area contributed by atoms with Gasteiger partial charge in [0.05, 0.1) is 16.8 Å². The Bertz CT molecular complexity index is 1710. The monoisotopic (exact) mass is 488 g/mol. The van der Waals surface area contributed by atoms with Crippen molar-refractivity contribution in [3.63, 3.8) is 0 Å². The quantitative estimate of drug-likeness (QED) is 0.254. The van der Waals surface area contributed by atoms with E-state index >= 15 is 0 Å². The van der Waals surface area contributed by atoms with Crippen LogP contribution in [0, 0.1) is 34.6 Å². The summed E-state index contributed by atoms with van der Waals surface area (Å²) in [5.41, 5.74) is 6.07. The second kappa shape index (κ2) is 8.52. The average molecular weight is 489 g/mol. The van der Waals surface area contributed by atoms with Gasteiger partial charge in [-0.15, -0.1) is 11.3 Å². The molecule has 0 aliphatic carbocycles. The molecule has 1 aromatic carbocycles. The van der Waals surface area contributed by atoms with Gasteiger partial charge in [-0.25, -0.2) is 9.97 Å². The number of thioether (sulfide) groups is 1. The molecule has 0 saturated carbocycles. The molecule has 5 rings (SSSR count). The molecule has 0 spiro atoms. The summed E-state index contributed by atoms with van der Waals surface area (Å²) in [5.74, 6) is 0.422. The molecule has 0 unspecified atom stereocenters. The van der Waals surface area contributed by atoms with Gasteiger partial charge >= 0.3 is 0 Å². The van der Waals surface area contributed by atoms with Crippen molar-refractivity contribution in [1.82, 2.24) is 18.9 Å². The Balaban J connectivity index is 1.66. The van der Waals surface area contributed by atoms with Gasteiger partial charge in [-0.05, 0) is 75.1 Å². The summed E-state index contributed by atoms with van der Waals surface area (Å²) in [6.45, 7) is 10.0. The van der Waals surface area contributed by atoms with Crippen molar-refractivity contribution in [2.75, 3.05) is 0 Å². The maximum atomic E-state index is 13.8. The summed E-state index contributed by atoms with van der Waals surface area (Å²) in [7, 11) is 0. The molecule has 6 nitrogen and oxygen atoms in total. The van der Waals surface area contributed by atoms with Gasteiger partial charge in [-0.3, -0.25) is 18.6 Å². The molecule has 0 amide bonds. The zero-order valence-electron chi connectivity index (χ0n) is 19.7. The highest BCUT2D eigenvalue weighted by Gasteiger charge is 2.19. The summed E-state index contributed by atoms with van der Waals surface area (Å²) >= 11 is 2.96. The summed E-state index contributed by atoms with van der Waals surface area (Å²) in [6, 6.07) is 11.3. The van der Waals surface area contributed by atoms with E-state index in [-0.39, 0.29) is 11.1 Å². The van der Waals surface area contributed by atoms with E-state index in [1.54, 1.807) is 16.8 Å². The predicted molar refractivity (Wildman–Crippen MR) is 140 cm³/mol. The van der Waals surface area contributed by atoms with Crippen LogP contribution in [0.2, 0.25) is 0 Å². The molecule has 0 N–H and O–H groups in total. The number of hydrogen-bond donors (Lipinski definition) is 0. The number of thiophene rings is 1. The van der Waals surface area contributed by atoms with E-state index in [2.05, 4.69) is 4.98 Å². The van der Waals surface area contributed by atoms with Crippen LogP contribution in [0.15, 0.2) is 57.3 Å². The summed E-state index contributed by atoms with van der Waals surface area (Å²) < 4.78 is 3.25. The third kappa shape index (κ3) is 3.76. The fraction of sp³-hybridized carbons (Fsp3) is 0.231. The molecular weight excluding hydrogens is 464 g/mol. The third-order valence-corrected chi connectivity index (χ3v) is 8.29. The van der Waals surface area contributed by atoms with Crippen LogP contribution in [-0.2, 0) is 5.75 Å². The van der Waals surface area contributed by atoms with E-state index in [9.17, 15) is 9.59 Å². The van der Waals surface area contributed by atoms with Gasteiger partial charge in [0, 0.05) is 22.9 Å². The number of hydrogen-bond acceptors (Lipinski definition) is 6. The van der Waals surface area contributed by atoms with Crippen molar-refractivity contribution < 1.29 is 0 Å². The summed E-state index contributed by atoms with van der Waals surface area (Å²) in [5, 5.41) is 1.27. The fourth-order valence-corrected chi connectivity index (χ4v) is 6.00. The van der Waals surface area contributed by atoms with Crippen molar-refractivity contribution in [2.45, 2.75) is 45.5 Å². The molecule has 4 aromatic heterocycles. The van der Waals surface area contributed by atoms with Crippen molar-refractivity contribution in [2.24, 2.45) is 0 Å². The summed E-state index contributed by atoms with van der Waals surface area (Å²) in [4.78, 5) is 37.8. The Morgan fingerprint density at radius 3 is 2.56 bits per heavy atom. The van der Waals surface area contributed by atoms with Crippen LogP contribution < -0.4 is 11.1 Å². The van der Waals surface area contributed by atoms with E-state index < -0.39 is 0 Å². The topological polar surface area (TPSA) is 69.3 Å². The maximum absolute atomic E-state index is 13.8. The van der Waals surface area contributed by atoms with E-state index in [1.165, 1.54) is 27.5 Å². The maximum Gasteiger partial charge on any atom is 0.267 e. The first kappa shape index (κ1) is 22.6. The molecule has 0 aliphatic rings. The zero-order chi connectivity index (χ0) is 24.1. The minimum absolute atomic E-state index is 0.0646. The van der Waals surface area contributed by atoms with E-state index in [4.69, 9.17) is 4.98 Å². The molecule has 0 bridgehead atoms. The van der Waals surface area contributed by atoms with Gasteiger partial charge < -0.3 is 0 Å². The smallest absolute Gasteiger partial charge is 0.267 e. The Morgan fingerprint density at radius 2 is 1.76 bits per heavy atom. The van der Waals surface area contributed by atoms with Gasteiger partial charge in [0.15, 0.2) is 5.16 Å². The lowest BCUT2D eigenvalue weighted by Crippen LogP contribution is -2.22. The lowest BCUT2D eigenvalue weighted by atomic mass is 10.1. The lowest BCUT2D eigenvalue weighted by Gasteiger charge is -2.15. The number of nitrogens with zero attached hydrogens (tertiary/aromatic N) is 4.